The summed E-state index contributed by atoms with van der Waals surface area (Å²) in [7, 11) is 6.74. The number of hydrogen-bond acceptors (Lipinski definition) is 2. The van der Waals surface area contributed by atoms with Gasteiger partial charge in [-0.2, -0.15) is 0 Å². The topological polar surface area (TPSA) is 18.5 Å². The second-order valence-corrected chi connectivity index (χ2v) is 9.60. The molecule has 1 atom stereocenters. The summed E-state index contributed by atoms with van der Waals surface area (Å²) in [5.74, 6) is 2.12. The second kappa shape index (κ2) is 7.79. The van der Waals surface area contributed by atoms with E-state index in [4.69, 9.17) is 9.47 Å². The largest absolute Gasteiger partial charge is 0.488 e. The maximum absolute atomic E-state index is 6.66. The highest BCUT2D eigenvalue weighted by molar-refractivity contribution is 5.59. The fraction of sp³-hybridized carbons (Fsp3) is 0.520. The number of fused-ring (bicyclic) bond motifs is 1. The Balaban J connectivity index is 1.85. The lowest BCUT2D eigenvalue weighted by Gasteiger charge is -2.39. The fourth-order valence-corrected chi connectivity index (χ4v) is 3.98. The monoisotopic (exact) mass is 382 g/mol. The van der Waals surface area contributed by atoms with Crippen LogP contribution in [0.3, 0.4) is 0 Å². The molecule has 28 heavy (non-hydrogen) atoms. The quantitative estimate of drug-likeness (QED) is 0.625. The van der Waals surface area contributed by atoms with Crippen molar-refractivity contribution in [2.24, 2.45) is 0 Å². The predicted molar refractivity (Wildman–Crippen MR) is 116 cm³/mol. The van der Waals surface area contributed by atoms with Gasteiger partial charge in [0.1, 0.15) is 23.7 Å². The van der Waals surface area contributed by atoms with E-state index in [9.17, 15) is 0 Å². The predicted octanol–water partition coefficient (Wildman–Crippen LogP) is 5.37. The standard InChI is InChI=1S/C25H36NO2/c1-18-19(2)24-22(13-14-25(4,28-24)15-16-26(5,6)7)20(3)23(18)27-17-21-11-9-8-10-12-21/h8-12H,13-17H2,1-7H3/q+1/t25-/m0/s1. The Morgan fingerprint density at radius 3 is 2.32 bits per heavy atom. The average molecular weight is 383 g/mol. The number of rotatable bonds is 6. The molecule has 0 unspecified atom stereocenters. The van der Waals surface area contributed by atoms with Gasteiger partial charge in [-0.05, 0) is 62.8 Å². The van der Waals surface area contributed by atoms with Crippen molar-refractivity contribution in [1.29, 1.82) is 0 Å². The third-order valence-corrected chi connectivity index (χ3v) is 6.10. The van der Waals surface area contributed by atoms with E-state index in [2.05, 4.69) is 73.1 Å². The maximum atomic E-state index is 6.66. The number of nitrogens with zero attached hydrogens (tertiary/aromatic N) is 1. The van der Waals surface area contributed by atoms with Crippen molar-refractivity contribution in [3.05, 3.63) is 58.1 Å². The van der Waals surface area contributed by atoms with Gasteiger partial charge in [0.05, 0.1) is 27.7 Å². The lowest BCUT2D eigenvalue weighted by molar-refractivity contribution is -0.871. The molecule has 0 saturated heterocycles. The molecule has 0 aliphatic carbocycles. The van der Waals surface area contributed by atoms with Gasteiger partial charge < -0.3 is 14.0 Å². The average Bonchev–Trinajstić information content (AvgIpc) is 2.65. The van der Waals surface area contributed by atoms with Gasteiger partial charge in [-0.15, -0.1) is 0 Å². The molecule has 0 bridgehead atoms. The SMILES string of the molecule is Cc1c(C)c2c(c(C)c1OCc1ccccc1)CC[C@@](C)(CC[N+](C)(C)C)O2. The molecule has 2 aromatic rings. The lowest BCUT2D eigenvalue weighted by Crippen LogP contribution is -2.44. The van der Waals surface area contributed by atoms with E-state index in [0.717, 1.165) is 41.8 Å². The van der Waals surface area contributed by atoms with E-state index >= 15 is 0 Å². The van der Waals surface area contributed by atoms with Crippen molar-refractivity contribution in [3.63, 3.8) is 0 Å². The Hall–Kier alpha value is -2.00. The highest BCUT2D eigenvalue weighted by Crippen LogP contribution is 2.44. The number of quaternary nitrogens is 1. The Bertz CT molecular complexity index is 836. The molecular formula is C25H36NO2+. The maximum Gasteiger partial charge on any atom is 0.127 e. The first kappa shape index (κ1) is 20.7. The summed E-state index contributed by atoms with van der Waals surface area (Å²) in [5.41, 5.74) is 6.09. The van der Waals surface area contributed by atoms with Crippen LogP contribution in [-0.4, -0.2) is 37.8 Å². The van der Waals surface area contributed by atoms with Gasteiger partial charge in [-0.1, -0.05) is 30.3 Å². The summed E-state index contributed by atoms with van der Waals surface area (Å²) in [4.78, 5) is 0. The van der Waals surface area contributed by atoms with Crippen LogP contribution < -0.4 is 9.47 Å². The van der Waals surface area contributed by atoms with E-state index in [-0.39, 0.29) is 5.60 Å². The van der Waals surface area contributed by atoms with E-state index < -0.39 is 0 Å². The smallest absolute Gasteiger partial charge is 0.127 e. The van der Waals surface area contributed by atoms with E-state index in [1.807, 2.05) is 6.07 Å². The summed E-state index contributed by atoms with van der Waals surface area (Å²) in [5, 5.41) is 0. The molecule has 0 N–H and O–H groups in total. The summed E-state index contributed by atoms with van der Waals surface area (Å²) in [6.07, 6.45) is 3.18. The van der Waals surface area contributed by atoms with Gasteiger partial charge in [0.2, 0.25) is 0 Å². The van der Waals surface area contributed by atoms with Crippen molar-refractivity contribution in [2.75, 3.05) is 27.7 Å². The molecule has 0 amide bonds. The molecule has 0 radical (unpaired) electrons. The Labute approximate surface area is 170 Å². The van der Waals surface area contributed by atoms with Gasteiger partial charge in [0.15, 0.2) is 0 Å². The molecule has 0 fully saturated rings. The zero-order valence-electron chi connectivity index (χ0n) is 18.7. The van der Waals surface area contributed by atoms with E-state index in [0.29, 0.717) is 6.61 Å². The Kier molecular flexibility index (Phi) is 5.77. The molecule has 3 nitrogen and oxygen atoms in total. The fourth-order valence-electron chi connectivity index (χ4n) is 3.98. The van der Waals surface area contributed by atoms with Gasteiger partial charge in [-0.25, -0.2) is 0 Å². The van der Waals surface area contributed by atoms with Crippen molar-refractivity contribution in [3.8, 4) is 11.5 Å². The number of ether oxygens (including phenoxy) is 2. The second-order valence-electron chi connectivity index (χ2n) is 9.60. The van der Waals surface area contributed by atoms with Crippen LogP contribution in [0.4, 0.5) is 0 Å². The summed E-state index contributed by atoms with van der Waals surface area (Å²) >= 11 is 0. The number of hydrogen-bond donors (Lipinski definition) is 0. The number of benzene rings is 2. The molecule has 2 aromatic carbocycles. The van der Waals surface area contributed by atoms with Crippen molar-refractivity contribution in [2.45, 2.75) is 59.2 Å². The zero-order chi connectivity index (χ0) is 20.5. The van der Waals surface area contributed by atoms with Gasteiger partial charge in [0, 0.05) is 12.0 Å². The molecule has 0 aromatic heterocycles. The molecule has 1 aliphatic heterocycles. The van der Waals surface area contributed by atoms with Gasteiger partial charge in [0.25, 0.3) is 0 Å². The van der Waals surface area contributed by atoms with Crippen LogP contribution in [0.15, 0.2) is 30.3 Å². The normalized spacial score (nSPS) is 19.1. The van der Waals surface area contributed by atoms with Gasteiger partial charge in [-0.3, -0.25) is 0 Å². The zero-order valence-corrected chi connectivity index (χ0v) is 18.7. The first-order valence-corrected chi connectivity index (χ1v) is 10.4. The summed E-state index contributed by atoms with van der Waals surface area (Å²) in [6.45, 7) is 10.5. The summed E-state index contributed by atoms with van der Waals surface area (Å²) in [6, 6.07) is 10.4. The Morgan fingerprint density at radius 1 is 1.00 bits per heavy atom. The van der Waals surface area contributed by atoms with Crippen LogP contribution in [-0.2, 0) is 13.0 Å². The van der Waals surface area contributed by atoms with Crippen molar-refractivity contribution in [1.82, 2.24) is 0 Å². The van der Waals surface area contributed by atoms with E-state index in [1.54, 1.807) is 0 Å². The van der Waals surface area contributed by atoms with Gasteiger partial charge >= 0.3 is 0 Å². The van der Waals surface area contributed by atoms with Crippen LogP contribution in [0.1, 0.15) is 47.6 Å². The first-order valence-electron chi connectivity index (χ1n) is 10.4. The molecule has 1 heterocycles. The Morgan fingerprint density at radius 2 is 1.68 bits per heavy atom. The molecule has 3 heteroatoms. The molecule has 0 spiro atoms. The minimum atomic E-state index is -0.0887. The van der Waals surface area contributed by atoms with Crippen LogP contribution in [0, 0.1) is 20.8 Å². The minimum absolute atomic E-state index is 0.0887. The molecular weight excluding hydrogens is 346 g/mol. The third-order valence-electron chi connectivity index (χ3n) is 6.10. The van der Waals surface area contributed by atoms with Crippen LogP contribution >= 0.6 is 0 Å². The van der Waals surface area contributed by atoms with Crippen LogP contribution in [0.2, 0.25) is 0 Å². The first-order chi connectivity index (χ1) is 13.1. The molecule has 0 saturated carbocycles. The highest BCUT2D eigenvalue weighted by Gasteiger charge is 2.36. The molecule has 3 rings (SSSR count). The lowest BCUT2D eigenvalue weighted by atomic mass is 9.85. The van der Waals surface area contributed by atoms with E-state index in [1.165, 1.54) is 27.8 Å². The van der Waals surface area contributed by atoms with Crippen molar-refractivity contribution < 1.29 is 14.0 Å². The third kappa shape index (κ3) is 4.52. The summed E-state index contributed by atoms with van der Waals surface area (Å²) < 4.78 is 13.9. The van der Waals surface area contributed by atoms with Crippen LogP contribution in [0.5, 0.6) is 11.5 Å². The molecule has 152 valence electrons. The highest BCUT2D eigenvalue weighted by atomic mass is 16.5. The van der Waals surface area contributed by atoms with Crippen molar-refractivity contribution >= 4 is 0 Å². The van der Waals surface area contributed by atoms with Crippen LogP contribution in [0.25, 0.3) is 0 Å². The minimum Gasteiger partial charge on any atom is -0.488 e. The molecule has 1 aliphatic rings.